The van der Waals surface area contributed by atoms with Gasteiger partial charge in [0.05, 0.1) is 16.5 Å². The maximum Gasteiger partial charge on any atom is 0.279 e. The SMILES string of the molecule is CS(=O)(=O)N1CCC2CN(Cc3ccc(Oc4nc5ccccc5s4)cc3)CC21. The molecule has 1 aromatic heterocycles. The lowest BCUT2D eigenvalue weighted by Crippen LogP contribution is -2.38. The second kappa shape index (κ2) is 7.36. The number of aromatic nitrogens is 1. The Kier molecular flexibility index (Phi) is 4.82. The maximum atomic E-state index is 12.0. The van der Waals surface area contributed by atoms with E-state index >= 15 is 0 Å². The molecule has 2 unspecified atom stereocenters. The molecule has 8 heteroatoms. The highest BCUT2D eigenvalue weighted by molar-refractivity contribution is 7.88. The van der Waals surface area contributed by atoms with Crippen LogP contribution in [-0.2, 0) is 16.6 Å². The number of benzene rings is 2. The van der Waals surface area contributed by atoms with E-state index in [1.165, 1.54) is 23.2 Å². The first-order valence-corrected chi connectivity index (χ1v) is 12.4. The van der Waals surface area contributed by atoms with Crippen molar-refractivity contribution in [3.05, 3.63) is 54.1 Å². The summed E-state index contributed by atoms with van der Waals surface area (Å²) in [4.78, 5) is 6.86. The van der Waals surface area contributed by atoms with Crippen LogP contribution in [0.4, 0.5) is 0 Å². The predicted octanol–water partition coefficient (Wildman–Crippen LogP) is 3.55. The topological polar surface area (TPSA) is 62.7 Å². The van der Waals surface area contributed by atoms with Gasteiger partial charge in [0, 0.05) is 32.2 Å². The van der Waals surface area contributed by atoms with Crippen LogP contribution >= 0.6 is 11.3 Å². The van der Waals surface area contributed by atoms with Gasteiger partial charge >= 0.3 is 0 Å². The number of ether oxygens (including phenoxy) is 1. The zero-order chi connectivity index (χ0) is 20.0. The van der Waals surface area contributed by atoms with E-state index in [0.29, 0.717) is 17.7 Å². The third-order valence-corrected chi connectivity index (χ3v) is 8.03. The van der Waals surface area contributed by atoms with Crippen LogP contribution in [0.5, 0.6) is 10.9 Å². The van der Waals surface area contributed by atoms with Crippen LogP contribution in [-0.4, -0.2) is 54.5 Å². The third-order valence-electron chi connectivity index (χ3n) is 5.81. The van der Waals surface area contributed by atoms with Crippen molar-refractivity contribution in [2.45, 2.75) is 19.0 Å². The number of thiazole rings is 1. The summed E-state index contributed by atoms with van der Waals surface area (Å²) in [5.41, 5.74) is 2.15. The molecule has 2 fully saturated rings. The second-order valence-electron chi connectivity index (χ2n) is 7.88. The molecule has 2 aliphatic heterocycles. The standard InChI is InChI=1S/C21H23N3O3S2/c1-29(25,26)24-11-10-16-13-23(14-19(16)24)12-15-6-8-17(9-7-15)27-21-22-18-4-2-3-5-20(18)28-21/h2-9,16,19H,10-14H2,1H3. The lowest BCUT2D eigenvalue weighted by molar-refractivity contribution is 0.287. The van der Waals surface area contributed by atoms with Gasteiger partial charge in [-0.3, -0.25) is 4.90 Å². The van der Waals surface area contributed by atoms with Crippen molar-refractivity contribution in [1.82, 2.24) is 14.2 Å². The molecule has 2 saturated heterocycles. The van der Waals surface area contributed by atoms with Crippen LogP contribution in [0.2, 0.25) is 0 Å². The monoisotopic (exact) mass is 429 g/mol. The number of para-hydroxylation sites is 1. The Labute approximate surface area is 174 Å². The number of rotatable bonds is 5. The minimum atomic E-state index is -3.11. The van der Waals surface area contributed by atoms with Gasteiger partial charge in [0.1, 0.15) is 5.75 Å². The molecule has 6 nitrogen and oxygen atoms in total. The highest BCUT2D eigenvalue weighted by atomic mass is 32.2. The first-order chi connectivity index (χ1) is 14.0. The molecule has 0 N–H and O–H groups in total. The number of likely N-dealkylation sites (tertiary alicyclic amines) is 1. The molecule has 0 radical (unpaired) electrons. The lowest BCUT2D eigenvalue weighted by Gasteiger charge is -2.22. The summed E-state index contributed by atoms with van der Waals surface area (Å²) in [6, 6.07) is 16.2. The molecule has 0 bridgehead atoms. The van der Waals surface area contributed by atoms with Crippen LogP contribution in [0.3, 0.4) is 0 Å². The van der Waals surface area contributed by atoms with Crippen molar-refractivity contribution in [3.63, 3.8) is 0 Å². The van der Waals surface area contributed by atoms with Crippen molar-refractivity contribution in [2.75, 3.05) is 25.9 Å². The summed E-state index contributed by atoms with van der Waals surface area (Å²) in [6.45, 7) is 3.26. The lowest BCUT2D eigenvalue weighted by atomic mass is 10.1. The Balaban J connectivity index is 1.22. The zero-order valence-corrected chi connectivity index (χ0v) is 17.8. The van der Waals surface area contributed by atoms with Gasteiger partial charge in [0.2, 0.25) is 10.0 Å². The first kappa shape index (κ1) is 19.0. The molecule has 3 aromatic rings. The fourth-order valence-corrected chi connectivity index (χ4v) is 6.47. The van der Waals surface area contributed by atoms with Gasteiger partial charge in [-0.2, -0.15) is 4.31 Å². The van der Waals surface area contributed by atoms with Crippen molar-refractivity contribution in [1.29, 1.82) is 0 Å². The molecule has 152 valence electrons. The summed E-state index contributed by atoms with van der Waals surface area (Å²) in [5, 5.41) is 0.646. The summed E-state index contributed by atoms with van der Waals surface area (Å²) in [5.74, 6) is 1.22. The molecule has 0 spiro atoms. The van der Waals surface area contributed by atoms with Crippen LogP contribution < -0.4 is 4.74 Å². The van der Waals surface area contributed by atoms with Crippen LogP contribution in [0.15, 0.2) is 48.5 Å². The smallest absolute Gasteiger partial charge is 0.279 e. The fourth-order valence-electron chi connectivity index (χ4n) is 4.47. The van der Waals surface area contributed by atoms with E-state index in [1.807, 2.05) is 36.4 Å². The van der Waals surface area contributed by atoms with Crippen molar-refractivity contribution >= 4 is 31.6 Å². The minimum Gasteiger partial charge on any atom is -0.431 e. The Morgan fingerprint density at radius 1 is 1.14 bits per heavy atom. The molecule has 5 rings (SSSR count). The molecule has 0 aliphatic carbocycles. The number of nitrogens with zero attached hydrogens (tertiary/aromatic N) is 3. The largest absolute Gasteiger partial charge is 0.431 e. The minimum absolute atomic E-state index is 0.131. The summed E-state index contributed by atoms with van der Waals surface area (Å²) in [7, 11) is -3.11. The van der Waals surface area contributed by atoms with E-state index in [9.17, 15) is 8.42 Å². The third kappa shape index (κ3) is 3.90. The summed E-state index contributed by atoms with van der Waals surface area (Å²) in [6.07, 6.45) is 2.28. The highest BCUT2D eigenvalue weighted by Crippen LogP contribution is 2.34. The Morgan fingerprint density at radius 3 is 2.69 bits per heavy atom. The molecular formula is C21H23N3O3S2. The van der Waals surface area contributed by atoms with Gasteiger partial charge in [-0.15, -0.1) is 0 Å². The van der Waals surface area contributed by atoms with Gasteiger partial charge in [0.15, 0.2) is 0 Å². The summed E-state index contributed by atoms with van der Waals surface area (Å²) < 4.78 is 32.7. The average Bonchev–Trinajstić information content (AvgIpc) is 3.35. The number of hydrogen-bond acceptors (Lipinski definition) is 6. The molecular weight excluding hydrogens is 406 g/mol. The molecule has 2 atom stereocenters. The summed E-state index contributed by atoms with van der Waals surface area (Å²) >= 11 is 1.54. The van der Waals surface area contributed by atoms with Crippen molar-refractivity contribution in [3.8, 4) is 10.9 Å². The van der Waals surface area contributed by atoms with Gasteiger partial charge in [-0.1, -0.05) is 35.6 Å². The number of sulfonamides is 1. The Bertz CT molecular complexity index is 1090. The molecule has 0 amide bonds. The van der Waals surface area contributed by atoms with Gasteiger partial charge in [-0.25, -0.2) is 13.4 Å². The van der Waals surface area contributed by atoms with Gasteiger partial charge < -0.3 is 4.74 Å². The Morgan fingerprint density at radius 2 is 1.93 bits per heavy atom. The van der Waals surface area contributed by atoms with Gasteiger partial charge in [-0.05, 0) is 42.2 Å². The first-order valence-electron chi connectivity index (χ1n) is 9.77. The molecule has 29 heavy (non-hydrogen) atoms. The van der Waals surface area contributed by atoms with Crippen LogP contribution in [0.1, 0.15) is 12.0 Å². The average molecular weight is 430 g/mol. The highest BCUT2D eigenvalue weighted by Gasteiger charge is 2.44. The molecule has 2 aliphatic rings. The van der Waals surface area contributed by atoms with E-state index in [2.05, 4.69) is 22.0 Å². The van der Waals surface area contributed by atoms with E-state index in [4.69, 9.17) is 4.74 Å². The number of fused-ring (bicyclic) bond motifs is 2. The Hall–Kier alpha value is -2.00. The quantitative estimate of drug-likeness (QED) is 0.621. The fraction of sp³-hybridized carbons (Fsp3) is 0.381. The number of hydrogen-bond donors (Lipinski definition) is 0. The maximum absolute atomic E-state index is 12.0. The van der Waals surface area contributed by atoms with E-state index < -0.39 is 10.0 Å². The molecule has 3 heterocycles. The van der Waals surface area contributed by atoms with Crippen LogP contribution in [0.25, 0.3) is 10.2 Å². The van der Waals surface area contributed by atoms with E-state index in [-0.39, 0.29) is 6.04 Å². The van der Waals surface area contributed by atoms with E-state index in [1.54, 1.807) is 4.31 Å². The predicted molar refractivity (Wildman–Crippen MR) is 115 cm³/mol. The van der Waals surface area contributed by atoms with E-state index in [0.717, 1.165) is 42.0 Å². The van der Waals surface area contributed by atoms with Crippen molar-refractivity contribution in [2.24, 2.45) is 5.92 Å². The molecule has 2 aromatic carbocycles. The molecule has 0 saturated carbocycles. The van der Waals surface area contributed by atoms with Crippen molar-refractivity contribution < 1.29 is 13.2 Å². The second-order valence-corrected chi connectivity index (χ2v) is 10.8. The van der Waals surface area contributed by atoms with Crippen LogP contribution in [0, 0.1) is 5.92 Å². The van der Waals surface area contributed by atoms with Gasteiger partial charge in [0.25, 0.3) is 5.19 Å². The normalized spacial score (nSPS) is 22.9. The zero-order valence-electron chi connectivity index (χ0n) is 16.2.